The molecule has 0 aliphatic carbocycles. The number of benzene rings is 2. The van der Waals surface area contributed by atoms with Crippen LogP contribution in [0, 0.1) is 6.92 Å². The van der Waals surface area contributed by atoms with Crippen molar-refractivity contribution in [3.8, 4) is 5.69 Å². The molecule has 4 aromatic rings. The number of nitrogens with zero attached hydrogens (tertiary/aromatic N) is 2. The molecule has 0 aliphatic heterocycles. The highest BCUT2D eigenvalue weighted by atomic mass is 35.5. The van der Waals surface area contributed by atoms with E-state index in [2.05, 4.69) is 36.6 Å². The molecule has 0 saturated heterocycles. The molecule has 154 valence electrons. The zero-order valence-electron chi connectivity index (χ0n) is 17.1. The van der Waals surface area contributed by atoms with Crippen molar-refractivity contribution in [2.24, 2.45) is 0 Å². The molecule has 2 N–H and O–H groups in total. The third-order valence-electron chi connectivity index (χ3n) is 5.21. The summed E-state index contributed by atoms with van der Waals surface area (Å²) in [7, 11) is 4.21. The second kappa shape index (κ2) is 8.60. The number of quaternary nitrogens is 1. The molecule has 0 aliphatic rings. The number of thiophene rings is 1. The van der Waals surface area contributed by atoms with Gasteiger partial charge in [0.1, 0.15) is 10.9 Å². The van der Waals surface area contributed by atoms with Crippen LogP contribution in [-0.2, 0) is 0 Å². The van der Waals surface area contributed by atoms with E-state index < -0.39 is 0 Å². The minimum Gasteiger partial charge on any atom is -0.345 e. The number of nitrogens with one attached hydrogen (secondary N) is 2. The molecule has 1 atom stereocenters. The van der Waals surface area contributed by atoms with Gasteiger partial charge in [0.25, 0.3) is 5.91 Å². The van der Waals surface area contributed by atoms with Crippen molar-refractivity contribution in [2.45, 2.75) is 13.0 Å². The molecule has 2 aromatic heterocycles. The van der Waals surface area contributed by atoms with E-state index in [0.717, 1.165) is 21.6 Å². The van der Waals surface area contributed by atoms with E-state index in [1.807, 2.05) is 60.1 Å². The van der Waals surface area contributed by atoms with Crippen molar-refractivity contribution in [1.82, 2.24) is 15.1 Å². The SMILES string of the molecule is Cc1nn(-c2ccc(Cl)cc2)c2sc(C(=O)NC[C@@H](c3ccccc3)[NH+](C)C)cc12. The fourth-order valence-electron chi connectivity index (χ4n) is 3.54. The first-order chi connectivity index (χ1) is 14.4. The predicted octanol–water partition coefficient (Wildman–Crippen LogP) is 3.66. The number of carbonyl (C=O) groups is 1. The normalized spacial score (nSPS) is 12.4. The second-order valence-corrected chi connectivity index (χ2v) is 9.02. The van der Waals surface area contributed by atoms with Gasteiger partial charge in [-0.15, -0.1) is 11.3 Å². The van der Waals surface area contributed by atoms with Gasteiger partial charge >= 0.3 is 0 Å². The molecule has 4 rings (SSSR count). The summed E-state index contributed by atoms with van der Waals surface area (Å²) in [6.45, 7) is 2.53. The summed E-state index contributed by atoms with van der Waals surface area (Å²) >= 11 is 7.47. The molecule has 2 heterocycles. The Hall–Kier alpha value is -2.67. The van der Waals surface area contributed by atoms with E-state index in [-0.39, 0.29) is 11.9 Å². The van der Waals surface area contributed by atoms with Crippen LogP contribution in [0.3, 0.4) is 0 Å². The van der Waals surface area contributed by atoms with Crippen molar-refractivity contribution in [3.63, 3.8) is 0 Å². The molecule has 1 amide bonds. The molecular formula is C23H24ClN4OS+. The lowest BCUT2D eigenvalue weighted by Crippen LogP contribution is -3.07. The number of carbonyl (C=O) groups excluding carboxylic acids is 1. The molecule has 0 unspecified atom stereocenters. The van der Waals surface area contributed by atoms with E-state index in [0.29, 0.717) is 16.4 Å². The van der Waals surface area contributed by atoms with Gasteiger partial charge < -0.3 is 10.2 Å². The number of aryl methyl sites for hydroxylation is 1. The molecule has 5 nitrogen and oxygen atoms in total. The minimum absolute atomic E-state index is 0.0552. The lowest BCUT2D eigenvalue weighted by Gasteiger charge is -2.22. The van der Waals surface area contributed by atoms with Crippen LogP contribution in [0.1, 0.15) is 27.0 Å². The Morgan fingerprint density at radius 1 is 1.17 bits per heavy atom. The fraction of sp³-hybridized carbons (Fsp3) is 0.217. The molecule has 2 aromatic carbocycles. The van der Waals surface area contributed by atoms with Crippen molar-refractivity contribution >= 4 is 39.1 Å². The van der Waals surface area contributed by atoms with Gasteiger partial charge in [-0.1, -0.05) is 41.9 Å². The Morgan fingerprint density at radius 3 is 2.53 bits per heavy atom. The molecule has 0 spiro atoms. The minimum atomic E-state index is -0.0552. The monoisotopic (exact) mass is 439 g/mol. The zero-order valence-corrected chi connectivity index (χ0v) is 18.7. The lowest BCUT2D eigenvalue weighted by molar-refractivity contribution is -0.890. The number of amides is 1. The lowest BCUT2D eigenvalue weighted by atomic mass is 10.1. The maximum absolute atomic E-state index is 12.9. The van der Waals surface area contributed by atoms with Gasteiger partial charge in [-0.3, -0.25) is 4.79 Å². The second-order valence-electron chi connectivity index (χ2n) is 7.55. The molecule has 0 bridgehead atoms. The zero-order chi connectivity index (χ0) is 21.3. The number of hydrogen-bond acceptors (Lipinski definition) is 3. The van der Waals surface area contributed by atoms with Gasteiger partial charge in [0.15, 0.2) is 0 Å². The van der Waals surface area contributed by atoms with E-state index in [4.69, 9.17) is 11.6 Å². The molecule has 0 fully saturated rings. The molecule has 0 saturated carbocycles. The number of rotatable bonds is 6. The van der Waals surface area contributed by atoms with Gasteiger partial charge in [0.2, 0.25) is 0 Å². The van der Waals surface area contributed by atoms with E-state index in [1.165, 1.54) is 21.8 Å². The summed E-state index contributed by atoms with van der Waals surface area (Å²) in [6, 6.07) is 19.9. The standard InChI is InChI=1S/C23H23ClN4OS/c1-15-19-13-21(30-23(19)28(26-15)18-11-9-17(24)10-12-18)22(29)25-14-20(27(2)3)16-7-5-4-6-8-16/h4-13,20H,14H2,1-3H3,(H,25,29)/p+1/t20-/m0/s1. The van der Waals surface area contributed by atoms with Crippen molar-refractivity contribution < 1.29 is 9.69 Å². The number of hydrogen-bond donors (Lipinski definition) is 2. The fourth-order valence-corrected chi connectivity index (χ4v) is 4.76. The van der Waals surface area contributed by atoms with Gasteiger partial charge in [0, 0.05) is 16.0 Å². The van der Waals surface area contributed by atoms with Crippen LogP contribution in [-0.4, -0.2) is 36.3 Å². The van der Waals surface area contributed by atoms with Crippen molar-refractivity contribution in [1.29, 1.82) is 0 Å². The summed E-state index contributed by atoms with van der Waals surface area (Å²) in [5.41, 5.74) is 3.03. The maximum atomic E-state index is 12.9. The first-order valence-electron chi connectivity index (χ1n) is 9.82. The van der Waals surface area contributed by atoms with Crippen LogP contribution in [0.25, 0.3) is 15.9 Å². The number of halogens is 1. The Labute approximate surface area is 184 Å². The van der Waals surface area contributed by atoms with Crippen molar-refractivity contribution in [2.75, 3.05) is 20.6 Å². The summed E-state index contributed by atoms with van der Waals surface area (Å²) in [6.07, 6.45) is 0. The van der Waals surface area contributed by atoms with Crippen molar-refractivity contribution in [3.05, 3.63) is 81.8 Å². The van der Waals surface area contributed by atoms with Crippen LogP contribution >= 0.6 is 22.9 Å². The molecule has 0 radical (unpaired) electrons. The average molecular weight is 440 g/mol. The first-order valence-corrected chi connectivity index (χ1v) is 11.0. The van der Waals surface area contributed by atoms with Gasteiger partial charge in [0.05, 0.1) is 36.9 Å². The van der Waals surface area contributed by atoms with E-state index >= 15 is 0 Å². The van der Waals surface area contributed by atoms with Crippen LogP contribution in [0.4, 0.5) is 0 Å². The molecule has 30 heavy (non-hydrogen) atoms. The Bertz CT molecular complexity index is 1170. The topological polar surface area (TPSA) is 51.4 Å². The largest absolute Gasteiger partial charge is 0.345 e. The van der Waals surface area contributed by atoms with Gasteiger partial charge in [-0.25, -0.2) is 4.68 Å². The molecule has 7 heteroatoms. The number of fused-ring (bicyclic) bond motifs is 1. The third kappa shape index (κ3) is 4.12. The highest BCUT2D eigenvalue weighted by Crippen LogP contribution is 2.30. The highest BCUT2D eigenvalue weighted by molar-refractivity contribution is 7.20. The van der Waals surface area contributed by atoms with E-state index in [9.17, 15) is 4.79 Å². The van der Waals surface area contributed by atoms with Crippen LogP contribution in [0.5, 0.6) is 0 Å². The summed E-state index contributed by atoms with van der Waals surface area (Å²) in [5.74, 6) is -0.0552. The summed E-state index contributed by atoms with van der Waals surface area (Å²) < 4.78 is 1.87. The van der Waals surface area contributed by atoms with Crippen LogP contribution < -0.4 is 10.2 Å². The number of aromatic nitrogens is 2. The number of likely N-dealkylation sites (N-methyl/N-ethyl adjacent to an activating group) is 1. The predicted molar refractivity (Wildman–Crippen MR) is 123 cm³/mol. The first kappa shape index (κ1) is 20.6. The van der Waals surface area contributed by atoms with Gasteiger partial charge in [-0.2, -0.15) is 5.10 Å². The quantitative estimate of drug-likeness (QED) is 0.481. The molecular weight excluding hydrogens is 416 g/mol. The van der Waals surface area contributed by atoms with Crippen LogP contribution in [0.15, 0.2) is 60.7 Å². The summed E-state index contributed by atoms with van der Waals surface area (Å²) in [5, 5.41) is 9.44. The Kier molecular flexibility index (Phi) is 5.90. The third-order valence-corrected chi connectivity index (χ3v) is 6.57. The Morgan fingerprint density at radius 2 is 1.87 bits per heavy atom. The summed E-state index contributed by atoms with van der Waals surface area (Å²) in [4.78, 5) is 15.8. The highest BCUT2D eigenvalue weighted by Gasteiger charge is 2.21. The van der Waals surface area contributed by atoms with Gasteiger partial charge in [-0.05, 0) is 37.3 Å². The average Bonchev–Trinajstić information content (AvgIpc) is 3.30. The van der Waals surface area contributed by atoms with Crippen LogP contribution in [0.2, 0.25) is 5.02 Å². The maximum Gasteiger partial charge on any atom is 0.261 e. The Balaban J connectivity index is 1.56. The van der Waals surface area contributed by atoms with E-state index in [1.54, 1.807) is 0 Å². The smallest absolute Gasteiger partial charge is 0.261 e.